The normalized spacial score (nSPS) is 11.7. The van der Waals surface area contributed by atoms with Gasteiger partial charge in [-0.3, -0.25) is 4.79 Å². The fourth-order valence-electron chi connectivity index (χ4n) is 1.93. The van der Waals surface area contributed by atoms with Crippen LogP contribution in [0.4, 0.5) is 5.69 Å². The van der Waals surface area contributed by atoms with E-state index in [2.05, 4.69) is 5.32 Å². The highest BCUT2D eigenvalue weighted by atomic mass is 16.5. The van der Waals surface area contributed by atoms with Crippen molar-refractivity contribution >= 4 is 12.1 Å². The van der Waals surface area contributed by atoms with E-state index in [1.54, 1.807) is 18.2 Å². The fourth-order valence-corrected chi connectivity index (χ4v) is 1.93. The molecule has 0 aliphatic heterocycles. The molecule has 5 heteroatoms. The van der Waals surface area contributed by atoms with Gasteiger partial charge in [0.1, 0.15) is 12.4 Å². The number of aliphatic hydroxyl groups is 1. The minimum absolute atomic E-state index is 0.116. The van der Waals surface area contributed by atoms with Gasteiger partial charge in [0.2, 0.25) is 6.41 Å². The van der Waals surface area contributed by atoms with Crippen LogP contribution in [0.5, 0.6) is 5.75 Å². The van der Waals surface area contributed by atoms with Crippen molar-refractivity contribution in [1.29, 1.82) is 0 Å². The summed E-state index contributed by atoms with van der Waals surface area (Å²) in [7, 11) is 0. The second kappa shape index (κ2) is 7.42. The molecule has 2 rings (SSSR count). The van der Waals surface area contributed by atoms with Crippen LogP contribution in [0.1, 0.15) is 17.2 Å². The van der Waals surface area contributed by atoms with Crippen molar-refractivity contribution in [2.45, 2.75) is 12.7 Å². The van der Waals surface area contributed by atoms with Crippen molar-refractivity contribution in [3.63, 3.8) is 0 Å². The number of hydrogen-bond donors (Lipinski definition) is 3. The number of carbonyl (C=O) groups is 1. The number of anilines is 1. The SMILES string of the molecule is NCC(O)c1ccc(OCc2ccccc2)c(NC=O)c1. The molecule has 1 amide bonds. The van der Waals surface area contributed by atoms with Gasteiger partial charge in [0.15, 0.2) is 0 Å². The van der Waals surface area contributed by atoms with Crippen molar-refractivity contribution in [3.05, 3.63) is 59.7 Å². The summed E-state index contributed by atoms with van der Waals surface area (Å²) < 4.78 is 5.71. The van der Waals surface area contributed by atoms with Crippen LogP contribution in [0, 0.1) is 0 Å². The molecule has 0 saturated carbocycles. The summed E-state index contributed by atoms with van der Waals surface area (Å²) >= 11 is 0. The molecule has 0 fully saturated rings. The van der Waals surface area contributed by atoms with Gasteiger partial charge in [0, 0.05) is 6.54 Å². The maximum absolute atomic E-state index is 10.7. The number of amides is 1. The molecule has 1 atom stereocenters. The highest BCUT2D eigenvalue weighted by molar-refractivity contribution is 5.75. The lowest BCUT2D eigenvalue weighted by atomic mass is 10.1. The first-order chi connectivity index (χ1) is 10.2. The number of nitrogens with one attached hydrogen (secondary N) is 1. The number of carbonyl (C=O) groups excluding carboxylic acids is 1. The van der Waals surface area contributed by atoms with E-state index in [0.717, 1.165) is 5.56 Å². The number of aliphatic hydroxyl groups excluding tert-OH is 1. The Morgan fingerprint density at radius 3 is 2.67 bits per heavy atom. The molecule has 21 heavy (non-hydrogen) atoms. The second-order valence-corrected chi connectivity index (χ2v) is 4.54. The molecule has 0 aliphatic rings. The van der Waals surface area contributed by atoms with E-state index in [-0.39, 0.29) is 6.54 Å². The lowest BCUT2D eigenvalue weighted by Crippen LogP contribution is -2.12. The zero-order valence-corrected chi connectivity index (χ0v) is 11.5. The average molecular weight is 286 g/mol. The van der Waals surface area contributed by atoms with Crippen LogP contribution >= 0.6 is 0 Å². The van der Waals surface area contributed by atoms with E-state index in [1.165, 1.54) is 0 Å². The molecule has 4 N–H and O–H groups in total. The van der Waals surface area contributed by atoms with Crippen molar-refractivity contribution in [3.8, 4) is 5.75 Å². The van der Waals surface area contributed by atoms with Gasteiger partial charge in [-0.05, 0) is 23.3 Å². The number of benzene rings is 2. The molecule has 0 radical (unpaired) electrons. The topological polar surface area (TPSA) is 84.6 Å². The Kier molecular flexibility index (Phi) is 5.31. The minimum atomic E-state index is -0.764. The van der Waals surface area contributed by atoms with Gasteiger partial charge < -0.3 is 20.9 Å². The van der Waals surface area contributed by atoms with Crippen molar-refractivity contribution in [2.24, 2.45) is 5.73 Å². The Balaban J connectivity index is 2.16. The van der Waals surface area contributed by atoms with Crippen LogP contribution < -0.4 is 15.8 Å². The average Bonchev–Trinajstić information content (AvgIpc) is 2.54. The molecule has 2 aromatic rings. The van der Waals surface area contributed by atoms with Crippen molar-refractivity contribution in [2.75, 3.05) is 11.9 Å². The van der Waals surface area contributed by atoms with Crippen LogP contribution in [-0.4, -0.2) is 18.1 Å². The third-order valence-corrected chi connectivity index (χ3v) is 3.06. The summed E-state index contributed by atoms with van der Waals surface area (Å²) in [6, 6.07) is 14.8. The third-order valence-electron chi connectivity index (χ3n) is 3.06. The Morgan fingerprint density at radius 2 is 2.00 bits per heavy atom. The standard InChI is InChI=1S/C16H18N2O3/c17-9-15(20)13-6-7-16(14(8-13)18-11-19)21-10-12-4-2-1-3-5-12/h1-8,11,15,20H,9-10,17H2,(H,18,19). The maximum atomic E-state index is 10.7. The molecule has 2 aromatic carbocycles. The highest BCUT2D eigenvalue weighted by Gasteiger charge is 2.10. The molecule has 0 spiro atoms. The lowest BCUT2D eigenvalue weighted by Gasteiger charge is -2.14. The largest absolute Gasteiger partial charge is 0.487 e. The summed E-state index contributed by atoms with van der Waals surface area (Å²) in [5, 5.41) is 12.3. The summed E-state index contributed by atoms with van der Waals surface area (Å²) in [6.07, 6.45) is -0.191. The van der Waals surface area contributed by atoms with Gasteiger partial charge in [-0.15, -0.1) is 0 Å². The van der Waals surface area contributed by atoms with E-state index in [0.29, 0.717) is 30.0 Å². The molecule has 0 aromatic heterocycles. The molecule has 0 aliphatic carbocycles. The van der Waals surface area contributed by atoms with Crippen LogP contribution in [0.2, 0.25) is 0 Å². The van der Waals surface area contributed by atoms with Gasteiger partial charge in [-0.1, -0.05) is 36.4 Å². The van der Waals surface area contributed by atoms with Gasteiger partial charge in [0.05, 0.1) is 11.8 Å². The third kappa shape index (κ3) is 4.05. The molecule has 5 nitrogen and oxygen atoms in total. The van der Waals surface area contributed by atoms with Crippen LogP contribution in [-0.2, 0) is 11.4 Å². The molecule has 0 heterocycles. The van der Waals surface area contributed by atoms with Gasteiger partial charge in [-0.2, -0.15) is 0 Å². The maximum Gasteiger partial charge on any atom is 0.211 e. The monoisotopic (exact) mass is 286 g/mol. The smallest absolute Gasteiger partial charge is 0.211 e. The minimum Gasteiger partial charge on any atom is -0.487 e. The van der Waals surface area contributed by atoms with E-state index in [9.17, 15) is 9.90 Å². The second-order valence-electron chi connectivity index (χ2n) is 4.54. The first-order valence-electron chi connectivity index (χ1n) is 6.63. The zero-order chi connectivity index (χ0) is 15.1. The predicted molar refractivity (Wildman–Crippen MR) is 80.9 cm³/mol. The first kappa shape index (κ1) is 15.0. The molecule has 110 valence electrons. The van der Waals surface area contributed by atoms with Gasteiger partial charge >= 0.3 is 0 Å². The molecular formula is C16H18N2O3. The number of ether oxygens (including phenoxy) is 1. The molecule has 0 bridgehead atoms. The summed E-state index contributed by atoms with van der Waals surface area (Å²) in [4.78, 5) is 10.7. The van der Waals surface area contributed by atoms with Crippen molar-refractivity contribution < 1.29 is 14.6 Å². The summed E-state index contributed by atoms with van der Waals surface area (Å²) in [5.74, 6) is 0.541. The Bertz CT molecular complexity index is 587. The number of rotatable bonds is 7. The van der Waals surface area contributed by atoms with E-state index >= 15 is 0 Å². The zero-order valence-electron chi connectivity index (χ0n) is 11.5. The van der Waals surface area contributed by atoms with Gasteiger partial charge in [-0.25, -0.2) is 0 Å². The van der Waals surface area contributed by atoms with E-state index in [4.69, 9.17) is 10.5 Å². The molecule has 1 unspecified atom stereocenters. The molecular weight excluding hydrogens is 268 g/mol. The van der Waals surface area contributed by atoms with Crippen LogP contribution in [0.25, 0.3) is 0 Å². The Morgan fingerprint density at radius 1 is 1.24 bits per heavy atom. The van der Waals surface area contributed by atoms with Crippen LogP contribution in [0.15, 0.2) is 48.5 Å². The predicted octanol–water partition coefficient (Wildman–Crippen LogP) is 1.83. The lowest BCUT2D eigenvalue weighted by molar-refractivity contribution is -0.105. The van der Waals surface area contributed by atoms with Crippen molar-refractivity contribution in [1.82, 2.24) is 0 Å². The Labute approximate surface area is 123 Å². The number of nitrogens with two attached hydrogens (primary N) is 1. The highest BCUT2D eigenvalue weighted by Crippen LogP contribution is 2.28. The fraction of sp³-hybridized carbons (Fsp3) is 0.188. The Hall–Kier alpha value is -2.37. The molecule has 0 saturated heterocycles. The first-order valence-corrected chi connectivity index (χ1v) is 6.63. The van der Waals surface area contributed by atoms with Gasteiger partial charge in [0.25, 0.3) is 0 Å². The van der Waals surface area contributed by atoms with E-state index < -0.39 is 6.10 Å². The summed E-state index contributed by atoms with van der Waals surface area (Å²) in [5.41, 5.74) is 7.60. The van der Waals surface area contributed by atoms with E-state index in [1.807, 2.05) is 30.3 Å². The summed E-state index contributed by atoms with van der Waals surface area (Å²) in [6.45, 7) is 0.512. The quantitative estimate of drug-likeness (QED) is 0.678. The van der Waals surface area contributed by atoms with Crippen LogP contribution in [0.3, 0.4) is 0 Å². The number of hydrogen-bond acceptors (Lipinski definition) is 4.